The van der Waals surface area contributed by atoms with Crippen molar-refractivity contribution >= 4 is 74.6 Å². The fraction of sp³-hybridized carbons (Fsp3) is 0.429. The molecule has 0 radical (unpaired) electrons. The number of aryl methyl sites for hydroxylation is 1. The second-order valence-electron chi connectivity index (χ2n) is 13.1. The molecule has 1 aromatic carbocycles. The van der Waals surface area contributed by atoms with Crippen LogP contribution in [0.2, 0.25) is 0 Å². The van der Waals surface area contributed by atoms with E-state index in [1.165, 1.54) is 29.3 Å². The molecule has 2 aromatic heterocycles. The summed E-state index contributed by atoms with van der Waals surface area (Å²) in [5, 5.41) is 55.5. The number of carboxylic acid groups (broad SMARTS) is 3. The van der Waals surface area contributed by atoms with Gasteiger partial charge in [0.1, 0.15) is 22.8 Å². The number of aliphatic carboxylic acids is 3. The zero-order chi connectivity index (χ0) is 41.0. The van der Waals surface area contributed by atoms with Gasteiger partial charge in [0.05, 0.1) is 11.9 Å². The predicted octanol–water partition coefficient (Wildman–Crippen LogP) is 1.94. The Morgan fingerprint density at radius 1 is 1.09 bits per heavy atom. The highest BCUT2D eigenvalue weighted by atomic mass is 32.2. The first-order chi connectivity index (χ1) is 26.6. The third-order valence-electron chi connectivity index (χ3n) is 9.25. The van der Waals surface area contributed by atoms with Crippen LogP contribution in [0, 0.1) is 0 Å². The van der Waals surface area contributed by atoms with Gasteiger partial charge >= 0.3 is 17.9 Å². The van der Waals surface area contributed by atoms with Gasteiger partial charge in [-0.05, 0) is 38.5 Å². The highest BCUT2D eigenvalue weighted by Crippen LogP contribution is 2.44. The van der Waals surface area contributed by atoms with Crippen molar-refractivity contribution in [1.82, 2.24) is 24.7 Å². The third-order valence-corrected chi connectivity index (χ3v) is 11.4. The molecular formula is C35H41N7O12S2. The van der Waals surface area contributed by atoms with Crippen molar-refractivity contribution in [3.63, 3.8) is 0 Å². The molecule has 5 rings (SSSR count). The van der Waals surface area contributed by atoms with E-state index in [1.54, 1.807) is 17.7 Å². The number of pyridine rings is 1. The van der Waals surface area contributed by atoms with E-state index in [0.29, 0.717) is 29.7 Å². The molecule has 56 heavy (non-hydrogen) atoms. The number of unbranched alkanes of at least 4 members (excludes halogenated alkanes) is 2. The summed E-state index contributed by atoms with van der Waals surface area (Å²) < 4.78 is 1.78. The first-order valence-corrected chi connectivity index (χ1v) is 19.3. The fourth-order valence-corrected chi connectivity index (χ4v) is 8.43. The molecule has 21 heteroatoms. The summed E-state index contributed by atoms with van der Waals surface area (Å²) in [7, 11) is 0. The number of aromatic nitrogens is 2. The number of aromatic hydroxyl groups is 2. The van der Waals surface area contributed by atoms with Gasteiger partial charge in [-0.1, -0.05) is 24.9 Å². The van der Waals surface area contributed by atoms with Crippen molar-refractivity contribution in [3.8, 4) is 11.5 Å². The molecule has 2 aliphatic rings. The van der Waals surface area contributed by atoms with Crippen molar-refractivity contribution in [2.24, 2.45) is 5.16 Å². The topological polar surface area (TPSA) is 288 Å². The van der Waals surface area contributed by atoms with Crippen LogP contribution in [0.1, 0.15) is 57.7 Å². The quantitative estimate of drug-likeness (QED) is 0.0317. The number of amides is 2. The molecule has 300 valence electrons. The van der Waals surface area contributed by atoms with Gasteiger partial charge in [-0.2, -0.15) is 0 Å². The van der Waals surface area contributed by atoms with Crippen LogP contribution >= 0.6 is 23.1 Å². The standard InChI is InChI=1S/C35H41N7O12S2/c1-4-6-7-8-40(12-17-13-41(5-2)21-10-23(44)22(43)9-18(21)29(17)47)14-19-16(3)56-32-27(31(49)42(32)28(19)34(52)53)38-30(48)26(20-15-55-35(36)37-20)39-54-24(33(50)51)11-25(45)46/h9-10,13,15-16,24,27,32,43-44H,4-8,11-12,14H2,1-3H3,(H2,36,37)(H,38,48)(H,45,46)(H,50,51)(H,52,53)/b39-26-/t16-,24-,27+,32+/m0/s1. The van der Waals surface area contributed by atoms with Crippen LogP contribution in [0.15, 0.2) is 44.9 Å². The Hall–Kier alpha value is -5.67. The molecule has 1 saturated heterocycles. The maximum Gasteiger partial charge on any atom is 0.352 e. The number of nitrogens with two attached hydrogens (primary N) is 1. The van der Waals surface area contributed by atoms with Gasteiger partial charge in [-0.3, -0.25) is 29.0 Å². The van der Waals surface area contributed by atoms with E-state index >= 15 is 0 Å². The summed E-state index contributed by atoms with van der Waals surface area (Å²) in [6.45, 7) is 6.81. The monoisotopic (exact) mass is 815 g/mol. The maximum atomic E-state index is 13.7. The van der Waals surface area contributed by atoms with Crippen LogP contribution in [0.5, 0.6) is 11.5 Å². The molecule has 3 aromatic rings. The van der Waals surface area contributed by atoms with Crippen LogP contribution in [-0.2, 0) is 41.9 Å². The second-order valence-corrected chi connectivity index (χ2v) is 15.4. The van der Waals surface area contributed by atoms with Crippen LogP contribution in [-0.4, -0.2) is 116 Å². The summed E-state index contributed by atoms with van der Waals surface area (Å²) in [4.78, 5) is 88.4. The Balaban J connectivity index is 1.43. The van der Waals surface area contributed by atoms with E-state index in [1.807, 2.05) is 18.7 Å². The molecular weight excluding hydrogens is 775 g/mol. The molecule has 8 N–H and O–H groups in total. The van der Waals surface area contributed by atoms with Crippen LogP contribution in [0.25, 0.3) is 10.9 Å². The number of oxime groups is 1. The molecule has 0 spiro atoms. The van der Waals surface area contributed by atoms with Crippen molar-refractivity contribution in [1.29, 1.82) is 0 Å². The Morgan fingerprint density at radius 2 is 1.80 bits per heavy atom. The number of nitrogen functional groups attached to an aromatic ring is 1. The number of fused-ring (bicyclic) bond motifs is 2. The van der Waals surface area contributed by atoms with E-state index in [-0.39, 0.29) is 46.2 Å². The first kappa shape index (κ1) is 41.5. The summed E-state index contributed by atoms with van der Waals surface area (Å²) in [5.41, 5.74) is 5.62. The lowest BCUT2D eigenvalue weighted by Crippen LogP contribution is -2.71. The maximum absolute atomic E-state index is 13.7. The molecule has 19 nitrogen and oxygen atoms in total. The lowest BCUT2D eigenvalue weighted by Gasteiger charge is -2.51. The van der Waals surface area contributed by atoms with Crippen molar-refractivity contribution in [2.45, 2.75) is 82.3 Å². The van der Waals surface area contributed by atoms with Crippen LogP contribution < -0.4 is 16.5 Å². The highest BCUT2D eigenvalue weighted by Gasteiger charge is 2.56. The minimum absolute atomic E-state index is 0.0205. The molecule has 1 fully saturated rings. The first-order valence-electron chi connectivity index (χ1n) is 17.5. The van der Waals surface area contributed by atoms with Gasteiger partial charge < -0.3 is 46.0 Å². The second kappa shape index (κ2) is 17.4. The third kappa shape index (κ3) is 8.74. The molecule has 2 aliphatic heterocycles. The average molecular weight is 816 g/mol. The molecule has 0 saturated carbocycles. The van der Waals surface area contributed by atoms with E-state index < -0.39 is 70.4 Å². The van der Waals surface area contributed by atoms with Crippen molar-refractivity contribution < 1.29 is 54.3 Å². The van der Waals surface area contributed by atoms with E-state index in [2.05, 4.69) is 15.5 Å². The largest absolute Gasteiger partial charge is 0.504 e. The normalized spacial score (nSPS) is 18.8. The van der Waals surface area contributed by atoms with Crippen molar-refractivity contribution in [3.05, 3.63) is 56.5 Å². The van der Waals surface area contributed by atoms with Crippen molar-refractivity contribution in [2.75, 3.05) is 18.8 Å². The van der Waals surface area contributed by atoms with E-state index in [4.69, 9.17) is 15.7 Å². The van der Waals surface area contributed by atoms with Gasteiger partial charge in [0, 0.05) is 53.5 Å². The van der Waals surface area contributed by atoms with Gasteiger partial charge in [-0.15, -0.1) is 23.1 Å². The minimum atomic E-state index is -1.96. The number of β-lactam (4-membered cyclic amide) rings is 1. The number of thioether (sulfide) groups is 1. The Bertz CT molecular complexity index is 2180. The number of carbonyl (C=O) groups excluding carboxylic acids is 2. The Labute approximate surface area is 327 Å². The van der Waals surface area contributed by atoms with Crippen LogP contribution in [0.4, 0.5) is 5.13 Å². The number of nitrogens with zero attached hydrogens (tertiary/aromatic N) is 5. The molecule has 0 unspecified atom stereocenters. The van der Waals surface area contributed by atoms with E-state index in [9.17, 15) is 49.2 Å². The van der Waals surface area contributed by atoms with Crippen LogP contribution in [0.3, 0.4) is 0 Å². The number of thiazole rings is 1. The minimum Gasteiger partial charge on any atom is -0.504 e. The number of phenolic OH excluding ortho intramolecular Hbond substituents is 2. The van der Waals surface area contributed by atoms with Gasteiger partial charge in [0.25, 0.3) is 11.8 Å². The van der Waals surface area contributed by atoms with E-state index in [0.717, 1.165) is 35.5 Å². The summed E-state index contributed by atoms with van der Waals surface area (Å²) in [6.07, 6.45) is 1.25. The summed E-state index contributed by atoms with van der Waals surface area (Å²) >= 11 is 2.15. The molecule has 4 heterocycles. The molecule has 4 atom stereocenters. The average Bonchev–Trinajstić information content (AvgIpc) is 3.57. The zero-order valence-corrected chi connectivity index (χ0v) is 32.1. The van der Waals surface area contributed by atoms with Gasteiger partial charge in [-0.25, -0.2) is 14.6 Å². The number of hydrogen-bond donors (Lipinski definition) is 7. The van der Waals surface area contributed by atoms with Gasteiger partial charge in [0.15, 0.2) is 27.8 Å². The lowest BCUT2D eigenvalue weighted by atomic mass is 9.99. The number of benzene rings is 1. The number of rotatable bonds is 18. The fourth-order valence-electron chi connectivity index (χ4n) is 6.44. The number of carbonyl (C=O) groups is 5. The Kier molecular flexibility index (Phi) is 12.9. The van der Waals surface area contributed by atoms with Gasteiger partial charge in [0.2, 0.25) is 6.10 Å². The molecule has 2 amide bonds. The smallest absolute Gasteiger partial charge is 0.352 e. The zero-order valence-electron chi connectivity index (χ0n) is 30.5. The number of nitrogens with one attached hydrogen (secondary N) is 1. The summed E-state index contributed by atoms with van der Waals surface area (Å²) in [6, 6.07) is 1.30. The molecule has 0 aliphatic carbocycles. The lowest BCUT2D eigenvalue weighted by molar-refractivity contribution is -0.156. The SMILES string of the molecule is CCCCCN(CC1=C(C(=O)O)N2C(=O)[C@@H](NC(=O)/C(=N\O[C@@H](CC(=O)O)C(=O)O)c3csc(N)n3)[C@H]2S[C@H]1C)Cc1cn(CC)c2cc(O)c(O)cc2c1=O. The predicted molar refractivity (Wildman–Crippen MR) is 204 cm³/mol. The summed E-state index contributed by atoms with van der Waals surface area (Å²) in [5.74, 6) is -7.10. The number of anilines is 1. The highest BCUT2D eigenvalue weighted by molar-refractivity contribution is 8.00. The number of carboxylic acids is 3. The molecule has 0 bridgehead atoms. The Morgan fingerprint density at radius 3 is 2.41 bits per heavy atom. The number of hydrogen-bond acceptors (Lipinski definition) is 15. The number of phenols is 2.